The van der Waals surface area contributed by atoms with Crippen LogP contribution in [0.25, 0.3) is 11.0 Å². The standard InChI is InChI=1S/C22H23NO3/c24-20(14-16-4-2-1-3-5-16)17-8-11-23(12-9-17)22(25)19-6-7-21-18(15-19)10-13-26-21/h1-7,10,13,15,17,20,24H,8-9,11-12,14H2/t20-/m1/s1. The lowest BCUT2D eigenvalue weighted by molar-refractivity contribution is 0.0467. The highest BCUT2D eigenvalue weighted by molar-refractivity contribution is 5.97. The summed E-state index contributed by atoms with van der Waals surface area (Å²) in [6, 6.07) is 17.5. The average molecular weight is 349 g/mol. The van der Waals surface area contributed by atoms with Crippen molar-refractivity contribution in [3.8, 4) is 0 Å². The van der Waals surface area contributed by atoms with E-state index in [4.69, 9.17) is 4.42 Å². The summed E-state index contributed by atoms with van der Waals surface area (Å²) in [5, 5.41) is 11.5. The second kappa shape index (κ2) is 7.34. The Morgan fingerprint density at radius 1 is 1.12 bits per heavy atom. The van der Waals surface area contributed by atoms with Crippen molar-refractivity contribution in [1.29, 1.82) is 0 Å². The van der Waals surface area contributed by atoms with E-state index in [1.807, 2.05) is 59.5 Å². The molecule has 2 heterocycles. The first-order valence-electron chi connectivity index (χ1n) is 9.19. The van der Waals surface area contributed by atoms with Gasteiger partial charge in [0.2, 0.25) is 0 Å². The number of hydrogen-bond donors (Lipinski definition) is 1. The van der Waals surface area contributed by atoms with Gasteiger partial charge >= 0.3 is 0 Å². The molecule has 1 amide bonds. The largest absolute Gasteiger partial charge is 0.464 e. The van der Waals surface area contributed by atoms with Crippen LogP contribution < -0.4 is 0 Å². The minimum Gasteiger partial charge on any atom is -0.464 e. The number of fused-ring (bicyclic) bond motifs is 1. The van der Waals surface area contributed by atoms with Crippen LogP contribution in [0.3, 0.4) is 0 Å². The molecule has 0 radical (unpaired) electrons. The van der Waals surface area contributed by atoms with Crippen molar-refractivity contribution in [2.45, 2.75) is 25.4 Å². The van der Waals surface area contributed by atoms with Crippen molar-refractivity contribution in [3.05, 3.63) is 72.0 Å². The molecule has 0 aliphatic carbocycles. The molecule has 2 aromatic carbocycles. The van der Waals surface area contributed by atoms with Gasteiger partial charge < -0.3 is 14.4 Å². The number of piperidine rings is 1. The quantitative estimate of drug-likeness (QED) is 0.777. The molecule has 3 aromatic rings. The molecule has 1 aromatic heterocycles. The summed E-state index contributed by atoms with van der Waals surface area (Å²) in [6.07, 6.45) is 3.65. The number of benzene rings is 2. The molecule has 1 aliphatic heterocycles. The first-order valence-corrected chi connectivity index (χ1v) is 9.19. The molecule has 1 atom stereocenters. The van der Waals surface area contributed by atoms with Gasteiger partial charge in [0, 0.05) is 24.0 Å². The molecule has 4 heteroatoms. The van der Waals surface area contributed by atoms with Crippen molar-refractivity contribution >= 4 is 16.9 Å². The van der Waals surface area contributed by atoms with Gasteiger partial charge in [0.05, 0.1) is 12.4 Å². The number of likely N-dealkylation sites (tertiary alicyclic amines) is 1. The molecule has 0 bridgehead atoms. The lowest BCUT2D eigenvalue weighted by Gasteiger charge is -2.34. The monoisotopic (exact) mass is 349 g/mol. The lowest BCUT2D eigenvalue weighted by Crippen LogP contribution is -2.41. The molecule has 0 unspecified atom stereocenters. The molecule has 1 aliphatic rings. The molecule has 4 rings (SSSR count). The van der Waals surface area contributed by atoms with E-state index in [0.717, 1.165) is 29.4 Å². The number of rotatable bonds is 4. The number of nitrogens with zero attached hydrogens (tertiary/aromatic N) is 1. The number of carbonyl (C=O) groups is 1. The smallest absolute Gasteiger partial charge is 0.253 e. The van der Waals surface area contributed by atoms with Crippen LogP contribution in [-0.4, -0.2) is 35.1 Å². The maximum Gasteiger partial charge on any atom is 0.253 e. The highest BCUT2D eigenvalue weighted by Gasteiger charge is 2.28. The van der Waals surface area contributed by atoms with Gasteiger partial charge in [0.15, 0.2) is 0 Å². The van der Waals surface area contributed by atoms with Crippen LogP contribution in [0.5, 0.6) is 0 Å². The van der Waals surface area contributed by atoms with Gasteiger partial charge in [-0.05, 0) is 55.0 Å². The van der Waals surface area contributed by atoms with Crippen molar-refractivity contribution in [1.82, 2.24) is 4.90 Å². The summed E-state index contributed by atoms with van der Waals surface area (Å²) < 4.78 is 5.33. The minimum atomic E-state index is -0.350. The Labute approximate surface area is 153 Å². The fourth-order valence-corrected chi connectivity index (χ4v) is 3.79. The van der Waals surface area contributed by atoms with E-state index in [1.54, 1.807) is 6.26 Å². The fourth-order valence-electron chi connectivity index (χ4n) is 3.79. The maximum atomic E-state index is 12.8. The molecular weight excluding hydrogens is 326 g/mol. The SMILES string of the molecule is O=C(c1ccc2occc2c1)N1CCC([C@H](O)Cc2ccccc2)CC1. The Bertz CT molecular complexity index is 879. The van der Waals surface area contributed by atoms with E-state index in [9.17, 15) is 9.90 Å². The van der Waals surface area contributed by atoms with Crippen molar-refractivity contribution in [3.63, 3.8) is 0 Å². The number of aliphatic hydroxyl groups excluding tert-OH is 1. The number of aliphatic hydroxyl groups is 1. The van der Waals surface area contributed by atoms with E-state index in [2.05, 4.69) is 0 Å². The summed E-state index contributed by atoms with van der Waals surface area (Å²) in [5.74, 6) is 0.305. The predicted octanol–water partition coefficient (Wildman–Crippen LogP) is 3.89. The third-order valence-electron chi connectivity index (χ3n) is 5.36. The molecule has 0 spiro atoms. The highest BCUT2D eigenvalue weighted by Crippen LogP contribution is 2.25. The van der Waals surface area contributed by atoms with Crippen molar-refractivity contribution in [2.24, 2.45) is 5.92 Å². The normalized spacial score (nSPS) is 16.7. The molecule has 4 nitrogen and oxygen atoms in total. The first-order chi connectivity index (χ1) is 12.7. The maximum absolute atomic E-state index is 12.8. The van der Waals surface area contributed by atoms with Crippen molar-refractivity contribution < 1.29 is 14.3 Å². The Hall–Kier alpha value is -2.59. The topological polar surface area (TPSA) is 53.7 Å². The van der Waals surface area contributed by atoms with Gasteiger partial charge in [-0.3, -0.25) is 4.79 Å². The molecule has 1 saturated heterocycles. The Morgan fingerprint density at radius 3 is 2.65 bits per heavy atom. The molecule has 0 saturated carbocycles. The first kappa shape index (κ1) is 16.9. The Morgan fingerprint density at radius 2 is 1.88 bits per heavy atom. The van der Waals surface area contributed by atoms with Gasteiger partial charge in [-0.1, -0.05) is 30.3 Å². The molecule has 134 valence electrons. The third-order valence-corrected chi connectivity index (χ3v) is 5.36. The zero-order valence-electron chi connectivity index (χ0n) is 14.7. The van der Waals surface area contributed by atoms with E-state index in [1.165, 1.54) is 0 Å². The van der Waals surface area contributed by atoms with Crippen LogP contribution in [0.4, 0.5) is 0 Å². The second-order valence-corrected chi connectivity index (χ2v) is 7.06. The van der Waals surface area contributed by atoms with Crippen molar-refractivity contribution in [2.75, 3.05) is 13.1 Å². The van der Waals surface area contributed by atoms with Crippen LogP contribution in [0.15, 0.2) is 65.3 Å². The minimum absolute atomic E-state index is 0.0594. The second-order valence-electron chi connectivity index (χ2n) is 7.06. The molecule has 26 heavy (non-hydrogen) atoms. The van der Waals surface area contributed by atoms with Gasteiger partial charge in [0.25, 0.3) is 5.91 Å². The molecule has 1 N–H and O–H groups in total. The average Bonchev–Trinajstić information content (AvgIpc) is 3.16. The van der Waals surface area contributed by atoms with E-state index >= 15 is 0 Å². The zero-order chi connectivity index (χ0) is 17.9. The van der Waals surface area contributed by atoms with Gasteiger partial charge in [0.1, 0.15) is 5.58 Å². The Kier molecular flexibility index (Phi) is 4.76. The number of hydrogen-bond acceptors (Lipinski definition) is 3. The Balaban J connectivity index is 1.36. The van der Waals surface area contributed by atoms with E-state index < -0.39 is 0 Å². The lowest BCUT2D eigenvalue weighted by atomic mass is 9.87. The van der Waals surface area contributed by atoms with E-state index in [-0.39, 0.29) is 17.9 Å². The summed E-state index contributed by atoms with van der Waals surface area (Å²) in [7, 11) is 0. The number of furan rings is 1. The molecular formula is C22H23NO3. The molecule has 1 fully saturated rings. The van der Waals surface area contributed by atoms with Crippen LogP contribution >= 0.6 is 0 Å². The van der Waals surface area contributed by atoms with Gasteiger partial charge in [-0.25, -0.2) is 0 Å². The van der Waals surface area contributed by atoms with Gasteiger partial charge in [-0.15, -0.1) is 0 Å². The van der Waals surface area contributed by atoms with Crippen LogP contribution in [-0.2, 0) is 6.42 Å². The zero-order valence-corrected chi connectivity index (χ0v) is 14.7. The van der Waals surface area contributed by atoms with Gasteiger partial charge in [-0.2, -0.15) is 0 Å². The highest BCUT2D eigenvalue weighted by atomic mass is 16.3. The predicted molar refractivity (Wildman–Crippen MR) is 101 cm³/mol. The number of amides is 1. The van der Waals surface area contributed by atoms with Crippen LogP contribution in [0.1, 0.15) is 28.8 Å². The number of carbonyl (C=O) groups excluding carboxylic acids is 1. The van der Waals surface area contributed by atoms with E-state index in [0.29, 0.717) is 25.1 Å². The van der Waals surface area contributed by atoms with Crippen LogP contribution in [0.2, 0.25) is 0 Å². The fraction of sp³-hybridized carbons (Fsp3) is 0.318. The third kappa shape index (κ3) is 3.51. The summed E-state index contributed by atoms with van der Waals surface area (Å²) >= 11 is 0. The van der Waals surface area contributed by atoms with Crippen LogP contribution in [0, 0.1) is 5.92 Å². The summed E-state index contributed by atoms with van der Waals surface area (Å²) in [5.41, 5.74) is 2.65. The summed E-state index contributed by atoms with van der Waals surface area (Å²) in [6.45, 7) is 1.39. The summed E-state index contributed by atoms with van der Waals surface area (Å²) in [4.78, 5) is 14.7.